The molecule has 0 radical (unpaired) electrons. The monoisotopic (exact) mass is 242 g/mol. The van der Waals surface area contributed by atoms with Crippen molar-refractivity contribution in [1.29, 1.82) is 0 Å². The van der Waals surface area contributed by atoms with Gasteiger partial charge in [-0.3, -0.25) is 0 Å². The summed E-state index contributed by atoms with van der Waals surface area (Å²) in [7, 11) is -3.31. The van der Waals surface area contributed by atoms with E-state index in [-0.39, 0.29) is 6.04 Å². The lowest BCUT2D eigenvalue weighted by molar-refractivity contribution is 0.198. The van der Waals surface area contributed by atoms with Crippen molar-refractivity contribution in [2.75, 3.05) is 7.05 Å². The lowest BCUT2D eigenvalue weighted by Crippen LogP contribution is -2.51. The summed E-state index contributed by atoms with van der Waals surface area (Å²) in [5.41, 5.74) is 5.73. The van der Waals surface area contributed by atoms with Crippen molar-refractivity contribution in [3.63, 3.8) is 0 Å². The van der Waals surface area contributed by atoms with Crippen LogP contribution in [0.25, 0.3) is 0 Å². The number of alkyl halides is 2. The Morgan fingerprint density at radius 3 is 2.33 bits per heavy atom. The minimum Gasteiger partial charge on any atom is -0.326 e. The van der Waals surface area contributed by atoms with Crippen LogP contribution in [0.4, 0.5) is 8.78 Å². The van der Waals surface area contributed by atoms with Crippen molar-refractivity contribution < 1.29 is 17.2 Å². The Labute approximate surface area is 88.5 Å². The highest BCUT2D eigenvalue weighted by Crippen LogP contribution is 2.24. The predicted octanol–water partition coefficient (Wildman–Crippen LogP) is 0.741. The van der Waals surface area contributed by atoms with E-state index < -0.39 is 21.8 Å². The molecule has 2 unspecified atom stereocenters. The second-order valence-electron chi connectivity index (χ2n) is 3.84. The minimum atomic E-state index is -4.49. The molecular formula is C8H16F2N2O2S. The number of halogens is 2. The zero-order valence-electron chi connectivity index (χ0n) is 8.57. The number of likely N-dealkylation sites (N-methyl/N-ethyl adjacent to an activating group) is 1. The van der Waals surface area contributed by atoms with Crippen molar-refractivity contribution in [2.24, 2.45) is 5.73 Å². The minimum absolute atomic E-state index is 0.336. The number of hydrogen-bond acceptors (Lipinski definition) is 3. The molecule has 0 amide bonds. The molecule has 2 N–H and O–H groups in total. The molecule has 0 spiro atoms. The van der Waals surface area contributed by atoms with Crippen LogP contribution in [0.15, 0.2) is 0 Å². The highest BCUT2D eigenvalue weighted by molar-refractivity contribution is 7.89. The van der Waals surface area contributed by atoms with Gasteiger partial charge < -0.3 is 5.73 Å². The Morgan fingerprint density at radius 2 is 1.87 bits per heavy atom. The van der Waals surface area contributed by atoms with E-state index in [2.05, 4.69) is 0 Å². The van der Waals surface area contributed by atoms with Gasteiger partial charge >= 0.3 is 5.76 Å². The van der Waals surface area contributed by atoms with Gasteiger partial charge in [-0.15, -0.1) is 0 Å². The smallest absolute Gasteiger partial charge is 0.326 e. The molecule has 0 aromatic carbocycles. The first-order chi connectivity index (χ1) is 6.87. The number of nitrogens with zero attached hydrogens (tertiary/aromatic N) is 1. The number of sulfonamides is 1. The maximum atomic E-state index is 12.3. The Morgan fingerprint density at radius 1 is 1.33 bits per heavy atom. The highest BCUT2D eigenvalue weighted by Gasteiger charge is 2.37. The summed E-state index contributed by atoms with van der Waals surface area (Å²) in [4.78, 5) is 0. The molecular weight excluding hydrogens is 226 g/mol. The van der Waals surface area contributed by atoms with E-state index in [1.807, 2.05) is 0 Å². The number of nitrogens with two attached hydrogens (primary N) is 1. The molecule has 1 aliphatic carbocycles. The molecule has 0 aromatic heterocycles. The lowest BCUT2D eigenvalue weighted by atomic mass is 9.91. The quantitative estimate of drug-likeness (QED) is 0.794. The summed E-state index contributed by atoms with van der Waals surface area (Å²) >= 11 is 0. The average molecular weight is 242 g/mol. The van der Waals surface area contributed by atoms with E-state index in [1.165, 1.54) is 7.05 Å². The fraction of sp³-hybridized carbons (Fsp3) is 1.00. The van der Waals surface area contributed by atoms with E-state index in [1.54, 1.807) is 0 Å². The Kier molecular flexibility index (Phi) is 4.02. The Bertz CT molecular complexity index is 308. The molecule has 0 bridgehead atoms. The SMILES string of the molecule is CN(C1CCCCC1N)S(=O)(=O)C(F)F. The fourth-order valence-electron chi connectivity index (χ4n) is 1.91. The van der Waals surface area contributed by atoms with Gasteiger partial charge in [0.2, 0.25) is 0 Å². The number of hydrogen-bond donors (Lipinski definition) is 1. The van der Waals surface area contributed by atoms with Crippen LogP contribution < -0.4 is 5.73 Å². The maximum absolute atomic E-state index is 12.3. The van der Waals surface area contributed by atoms with E-state index >= 15 is 0 Å². The molecule has 2 atom stereocenters. The molecule has 1 saturated carbocycles. The standard InChI is InChI=1S/C8H16F2N2O2S/c1-12(15(13,14)8(9)10)7-5-3-2-4-6(7)11/h6-8H,2-5,11H2,1H3. The first-order valence-corrected chi connectivity index (χ1v) is 6.38. The average Bonchev–Trinajstić information content (AvgIpc) is 2.17. The lowest BCUT2D eigenvalue weighted by Gasteiger charge is -2.34. The van der Waals surface area contributed by atoms with E-state index in [0.29, 0.717) is 12.8 Å². The maximum Gasteiger partial charge on any atom is 0.350 e. The van der Waals surface area contributed by atoms with Crippen LogP contribution in [-0.4, -0.2) is 37.6 Å². The van der Waals surface area contributed by atoms with E-state index in [0.717, 1.165) is 17.1 Å². The van der Waals surface area contributed by atoms with Gasteiger partial charge in [0.15, 0.2) is 0 Å². The van der Waals surface area contributed by atoms with Crippen molar-refractivity contribution in [3.05, 3.63) is 0 Å². The summed E-state index contributed by atoms with van der Waals surface area (Å²) in [5, 5.41) is 0. The van der Waals surface area contributed by atoms with Crippen LogP contribution in [0.1, 0.15) is 25.7 Å². The van der Waals surface area contributed by atoms with Crippen molar-refractivity contribution in [1.82, 2.24) is 4.31 Å². The van der Waals surface area contributed by atoms with Crippen LogP contribution in [-0.2, 0) is 10.0 Å². The van der Waals surface area contributed by atoms with Crippen LogP contribution in [0.3, 0.4) is 0 Å². The van der Waals surface area contributed by atoms with Crippen molar-refractivity contribution in [3.8, 4) is 0 Å². The Balaban J connectivity index is 2.79. The zero-order chi connectivity index (χ0) is 11.6. The van der Waals surface area contributed by atoms with Crippen molar-refractivity contribution in [2.45, 2.75) is 43.5 Å². The van der Waals surface area contributed by atoms with E-state index in [9.17, 15) is 17.2 Å². The van der Waals surface area contributed by atoms with Crippen LogP contribution >= 0.6 is 0 Å². The highest BCUT2D eigenvalue weighted by atomic mass is 32.2. The summed E-state index contributed by atoms with van der Waals surface area (Å²) in [6, 6.07) is -0.824. The number of rotatable bonds is 3. The third-order valence-corrected chi connectivity index (χ3v) is 4.40. The first-order valence-electron chi connectivity index (χ1n) is 4.88. The van der Waals surface area contributed by atoms with Gasteiger partial charge in [0.1, 0.15) is 0 Å². The molecule has 0 heterocycles. The Hall–Kier alpha value is -0.270. The summed E-state index contributed by atoms with van der Waals surface area (Å²) in [5.74, 6) is -3.36. The molecule has 0 aromatic rings. The molecule has 0 saturated heterocycles. The van der Waals surface area contributed by atoms with Gasteiger partial charge in [0, 0.05) is 19.1 Å². The summed E-state index contributed by atoms with van der Waals surface area (Å²) < 4.78 is 47.7. The molecule has 90 valence electrons. The summed E-state index contributed by atoms with van der Waals surface area (Å²) in [6.07, 6.45) is 3.01. The van der Waals surface area contributed by atoms with Crippen LogP contribution in [0.5, 0.6) is 0 Å². The van der Waals surface area contributed by atoms with Gasteiger partial charge in [0.25, 0.3) is 10.0 Å². The molecule has 1 rings (SSSR count). The predicted molar refractivity (Wildman–Crippen MR) is 52.9 cm³/mol. The molecule has 15 heavy (non-hydrogen) atoms. The fourth-order valence-corrected chi connectivity index (χ4v) is 2.80. The van der Waals surface area contributed by atoms with E-state index in [4.69, 9.17) is 5.73 Å². The molecule has 7 heteroatoms. The van der Waals surface area contributed by atoms with Crippen LogP contribution in [0, 0.1) is 0 Å². The summed E-state index contributed by atoms with van der Waals surface area (Å²) in [6.45, 7) is 0. The van der Waals surface area contributed by atoms with Gasteiger partial charge in [-0.2, -0.15) is 13.1 Å². The van der Waals surface area contributed by atoms with Crippen molar-refractivity contribution >= 4 is 10.0 Å². The zero-order valence-corrected chi connectivity index (χ0v) is 9.38. The molecule has 1 aliphatic rings. The molecule has 1 fully saturated rings. The van der Waals surface area contributed by atoms with Gasteiger partial charge in [0.05, 0.1) is 0 Å². The third kappa shape index (κ3) is 2.64. The van der Waals surface area contributed by atoms with Gasteiger partial charge in [-0.25, -0.2) is 8.42 Å². The second kappa shape index (κ2) is 4.71. The topological polar surface area (TPSA) is 63.4 Å². The second-order valence-corrected chi connectivity index (χ2v) is 5.80. The molecule has 0 aliphatic heterocycles. The van der Waals surface area contributed by atoms with Gasteiger partial charge in [-0.05, 0) is 12.8 Å². The third-order valence-electron chi connectivity index (χ3n) is 2.88. The molecule has 4 nitrogen and oxygen atoms in total. The normalized spacial score (nSPS) is 28.7. The van der Waals surface area contributed by atoms with Crippen LogP contribution in [0.2, 0.25) is 0 Å². The first kappa shape index (κ1) is 12.8. The largest absolute Gasteiger partial charge is 0.350 e. The van der Waals surface area contributed by atoms with Gasteiger partial charge in [-0.1, -0.05) is 12.8 Å².